The first-order valence-corrected chi connectivity index (χ1v) is 11.4. The van der Waals surface area contributed by atoms with Gasteiger partial charge >= 0.3 is 0 Å². The second-order valence-electron chi connectivity index (χ2n) is 9.87. The lowest BCUT2D eigenvalue weighted by Crippen LogP contribution is -2.16. The third-order valence-corrected chi connectivity index (χ3v) is 6.04. The summed E-state index contributed by atoms with van der Waals surface area (Å²) in [6, 6.07) is 6.47. The van der Waals surface area contributed by atoms with E-state index >= 15 is 0 Å². The summed E-state index contributed by atoms with van der Waals surface area (Å²) in [5.74, 6) is 0. The molecule has 0 saturated heterocycles. The maximum absolute atomic E-state index is 4.31. The van der Waals surface area contributed by atoms with Gasteiger partial charge in [0.15, 0.2) is 0 Å². The Morgan fingerprint density at radius 3 is 1.70 bits per heavy atom. The van der Waals surface area contributed by atoms with Gasteiger partial charge in [0.25, 0.3) is 0 Å². The van der Waals surface area contributed by atoms with Crippen LogP contribution < -0.4 is 0 Å². The van der Waals surface area contributed by atoms with E-state index in [4.69, 9.17) is 0 Å². The molecular weight excluding hydrogens is 366 g/mol. The summed E-state index contributed by atoms with van der Waals surface area (Å²) in [7, 11) is 0. The summed E-state index contributed by atoms with van der Waals surface area (Å²) in [5.41, 5.74) is 3.58. The summed E-state index contributed by atoms with van der Waals surface area (Å²) in [5, 5.41) is 6.46. The van der Waals surface area contributed by atoms with Gasteiger partial charge < -0.3 is 0 Å². The van der Waals surface area contributed by atoms with Crippen molar-refractivity contribution >= 4 is 28.4 Å². The zero-order chi connectivity index (χ0) is 20.7. The summed E-state index contributed by atoms with van der Waals surface area (Å²) in [4.78, 5) is 5.77. The van der Waals surface area contributed by atoms with Crippen molar-refractivity contribution in [1.29, 1.82) is 0 Å². The molecule has 0 unspecified atom stereocenters. The lowest BCUT2D eigenvalue weighted by molar-refractivity contribution is 0.593. The van der Waals surface area contributed by atoms with Crippen LogP contribution in [0.1, 0.15) is 72.8 Å². The Hall–Kier alpha value is -1.19. The molecule has 1 nitrogen and oxygen atoms in total. The smallest absolute Gasteiger partial charge is 0.0577 e. The van der Waals surface area contributed by atoms with Gasteiger partial charge in [0.1, 0.15) is 0 Å². The van der Waals surface area contributed by atoms with E-state index in [2.05, 4.69) is 114 Å². The first-order chi connectivity index (χ1) is 12.3. The van der Waals surface area contributed by atoms with Crippen LogP contribution in [-0.2, 0) is 10.8 Å². The van der Waals surface area contributed by atoms with Gasteiger partial charge in [-0.1, -0.05) is 74.5 Å². The van der Waals surface area contributed by atoms with Gasteiger partial charge in [-0.25, -0.2) is 0 Å². The van der Waals surface area contributed by atoms with Crippen LogP contribution in [0.25, 0.3) is 0 Å². The second kappa shape index (κ2) is 9.84. The molecule has 3 rings (SSSR count). The van der Waals surface area contributed by atoms with Crippen molar-refractivity contribution in [2.24, 2.45) is 10.4 Å². The van der Waals surface area contributed by atoms with Crippen LogP contribution in [-0.4, -0.2) is 12.3 Å². The lowest BCUT2D eigenvalue weighted by Gasteiger charge is -2.16. The highest BCUT2D eigenvalue weighted by atomic mass is 32.1. The van der Waals surface area contributed by atoms with Gasteiger partial charge in [0.2, 0.25) is 0 Å². The summed E-state index contributed by atoms with van der Waals surface area (Å²) < 4.78 is 0. The minimum absolute atomic E-state index is 0.243. The highest BCUT2D eigenvalue weighted by Crippen LogP contribution is 2.26. The molecule has 3 heterocycles. The molecular formula is C24H37NS2. The Bertz CT molecular complexity index is 654. The predicted molar refractivity (Wildman–Crippen MR) is 127 cm³/mol. The van der Waals surface area contributed by atoms with Crippen LogP contribution in [0.2, 0.25) is 0 Å². The lowest BCUT2D eigenvalue weighted by atomic mass is 9.90. The van der Waals surface area contributed by atoms with Crippen LogP contribution >= 0.6 is 22.7 Å². The van der Waals surface area contributed by atoms with Gasteiger partial charge in [0, 0.05) is 16.0 Å². The fraction of sp³-hybridized carbons (Fsp3) is 0.542. The molecule has 2 aromatic heterocycles. The minimum Gasteiger partial charge on any atom is -0.285 e. The molecule has 0 radical (unpaired) electrons. The van der Waals surface area contributed by atoms with Crippen molar-refractivity contribution in [3.8, 4) is 0 Å². The van der Waals surface area contributed by atoms with Crippen molar-refractivity contribution < 1.29 is 0 Å². The van der Waals surface area contributed by atoms with E-state index < -0.39 is 0 Å². The number of allylic oxidation sites excluding steroid dienone is 1. The highest BCUT2D eigenvalue weighted by molar-refractivity contribution is 7.10. The van der Waals surface area contributed by atoms with Crippen LogP contribution in [0.4, 0.5) is 0 Å². The van der Waals surface area contributed by atoms with Gasteiger partial charge in [0.05, 0.1) is 6.54 Å². The number of aliphatic imine (C=N–C) groups is 1. The first-order valence-electron chi connectivity index (χ1n) is 9.60. The number of hydrogen-bond acceptors (Lipinski definition) is 3. The van der Waals surface area contributed by atoms with E-state index in [9.17, 15) is 0 Å². The van der Waals surface area contributed by atoms with Gasteiger partial charge in [-0.05, 0) is 50.7 Å². The van der Waals surface area contributed by atoms with Crippen LogP contribution in [0.3, 0.4) is 0 Å². The Morgan fingerprint density at radius 1 is 0.815 bits per heavy atom. The number of nitrogens with zero attached hydrogens (tertiary/aromatic N) is 1. The summed E-state index contributed by atoms with van der Waals surface area (Å²) in [6.07, 6.45) is 4.21. The van der Waals surface area contributed by atoms with Crippen molar-refractivity contribution in [3.63, 3.8) is 0 Å². The molecule has 1 aliphatic heterocycles. The van der Waals surface area contributed by atoms with Gasteiger partial charge in [-0.2, -0.15) is 11.3 Å². The zero-order valence-electron chi connectivity index (χ0n) is 18.6. The number of rotatable bonds is 0. The molecule has 0 spiro atoms. The third-order valence-electron chi connectivity index (χ3n) is 4.06. The SMILES string of the molecule is CC(C)(C)C1=NCC=C1.CC(C)(C)c1cccs1.CC(C)(C)c1ccsc1. The van der Waals surface area contributed by atoms with Crippen molar-refractivity contribution in [2.75, 3.05) is 6.54 Å². The largest absolute Gasteiger partial charge is 0.285 e. The van der Waals surface area contributed by atoms with Crippen LogP contribution in [0, 0.1) is 5.41 Å². The second-order valence-corrected chi connectivity index (χ2v) is 11.6. The van der Waals surface area contributed by atoms with E-state index in [0.717, 1.165) is 6.54 Å². The highest BCUT2D eigenvalue weighted by Gasteiger charge is 2.17. The zero-order valence-corrected chi connectivity index (χ0v) is 20.2. The molecule has 2 aromatic rings. The molecule has 150 valence electrons. The number of hydrogen-bond donors (Lipinski definition) is 0. The van der Waals surface area contributed by atoms with E-state index in [1.54, 1.807) is 11.3 Å². The van der Waals surface area contributed by atoms with Crippen molar-refractivity contribution in [1.82, 2.24) is 0 Å². The maximum atomic E-state index is 4.31. The van der Waals surface area contributed by atoms with E-state index in [0.29, 0.717) is 10.8 Å². The van der Waals surface area contributed by atoms with E-state index in [1.807, 2.05) is 11.3 Å². The fourth-order valence-electron chi connectivity index (χ4n) is 2.25. The average Bonchev–Trinajstić information content (AvgIpc) is 3.28. The molecule has 0 fully saturated rings. The van der Waals surface area contributed by atoms with Crippen molar-refractivity contribution in [3.05, 3.63) is 56.9 Å². The normalized spacial score (nSPS) is 14.0. The molecule has 0 amide bonds. The predicted octanol–water partition coefficient (Wildman–Crippen LogP) is 8.13. The van der Waals surface area contributed by atoms with Crippen molar-refractivity contribution in [2.45, 2.75) is 73.1 Å². The summed E-state index contributed by atoms with van der Waals surface area (Å²) >= 11 is 3.60. The monoisotopic (exact) mass is 403 g/mol. The Labute approximate surface area is 175 Å². The minimum atomic E-state index is 0.243. The third kappa shape index (κ3) is 9.03. The Balaban J connectivity index is 0.000000202. The van der Waals surface area contributed by atoms with Gasteiger partial charge in [-0.3, -0.25) is 4.99 Å². The quantitative estimate of drug-likeness (QED) is 0.421. The standard InChI is InChI=1S/C8H13N.2C8H12S/c1-8(2,3)7-5-4-6-9-7;1-8(2,3)7-4-5-9-6-7;1-8(2,3)7-5-4-6-9-7/h4-5H,6H2,1-3H3;2*4-6H,1-3H3. The summed E-state index contributed by atoms with van der Waals surface area (Å²) in [6.45, 7) is 20.8. The molecule has 0 bridgehead atoms. The molecule has 0 aliphatic carbocycles. The van der Waals surface area contributed by atoms with Crippen LogP contribution in [0.15, 0.2) is 51.5 Å². The Morgan fingerprint density at radius 2 is 1.48 bits per heavy atom. The first kappa shape index (κ1) is 23.8. The Kier molecular flexibility index (Phi) is 8.69. The average molecular weight is 404 g/mol. The molecule has 27 heavy (non-hydrogen) atoms. The molecule has 0 atom stereocenters. The maximum Gasteiger partial charge on any atom is 0.0577 e. The number of thiophene rings is 2. The van der Waals surface area contributed by atoms with E-state index in [1.165, 1.54) is 16.2 Å². The molecule has 3 heteroatoms. The topological polar surface area (TPSA) is 12.4 Å². The molecule has 0 aromatic carbocycles. The van der Waals surface area contributed by atoms with E-state index in [-0.39, 0.29) is 5.41 Å². The molecule has 0 N–H and O–H groups in total. The fourth-order valence-corrected chi connectivity index (χ4v) is 3.95. The molecule has 1 aliphatic rings. The molecule has 0 saturated carbocycles. The van der Waals surface area contributed by atoms with Crippen LogP contribution in [0.5, 0.6) is 0 Å². The van der Waals surface area contributed by atoms with Gasteiger partial charge in [-0.15, -0.1) is 11.3 Å².